The van der Waals surface area contributed by atoms with E-state index < -0.39 is 12.5 Å². The standard InChI is InChI=1S/C16H19F2NO4/c1-2-22-15(21)11-6-5-9-19(10-11)14(20)12-7-3-4-8-13(12)23-16(17)18/h3-4,7-8,11,16H,2,5-6,9-10H2,1H3. The zero-order valence-corrected chi connectivity index (χ0v) is 12.8. The highest BCUT2D eigenvalue weighted by Crippen LogP contribution is 2.25. The van der Waals surface area contributed by atoms with Gasteiger partial charge in [-0.1, -0.05) is 12.1 Å². The number of rotatable bonds is 5. The van der Waals surface area contributed by atoms with Gasteiger partial charge in [-0.25, -0.2) is 0 Å². The molecule has 0 saturated carbocycles. The molecule has 0 aromatic heterocycles. The summed E-state index contributed by atoms with van der Waals surface area (Å²) < 4.78 is 34.3. The minimum absolute atomic E-state index is 0.0670. The molecule has 0 aliphatic carbocycles. The maximum Gasteiger partial charge on any atom is 0.387 e. The molecule has 5 nitrogen and oxygen atoms in total. The zero-order chi connectivity index (χ0) is 16.8. The molecule has 0 spiro atoms. The quantitative estimate of drug-likeness (QED) is 0.780. The number of para-hydroxylation sites is 1. The molecule has 23 heavy (non-hydrogen) atoms. The molecular weight excluding hydrogens is 308 g/mol. The van der Waals surface area contributed by atoms with Crippen molar-refractivity contribution < 1.29 is 27.8 Å². The first-order chi connectivity index (χ1) is 11.0. The van der Waals surface area contributed by atoms with Gasteiger partial charge in [-0.05, 0) is 31.9 Å². The molecule has 1 amide bonds. The van der Waals surface area contributed by atoms with Crippen molar-refractivity contribution in [2.75, 3.05) is 19.7 Å². The van der Waals surface area contributed by atoms with Crippen LogP contribution in [0.4, 0.5) is 8.78 Å². The lowest BCUT2D eigenvalue weighted by Gasteiger charge is -2.31. The van der Waals surface area contributed by atoms with Crippen LogP contribution in [0.3, 0.4) is 0 Å². The Hall–Kier alpha value is -2.18. The summed E-state index contributed by atoms with van der Waals surface area (Å²) in [6.45, 7) is -0.300. The van der Waals surface area contributed by atoms with E-state index in [1.54, 1.807) is 13.0 Å². The van der Waals surface area contributed by atoms with Gasteiger partial charge in [-0.3, -0.25) is 9.59 Å². The second-order valence-corrected chi connectivity index (χ2v) is 5.22. The molecule has 1 aliphatic rings. The van der Waals surface area contributed by atoms with Gasteiger partial charge in [0, 0.05) is 13.1 Å². The molecule has 1 saturated heterocycles. The fourth-order valence-electron chi connectivity index (χ4n) is 2.63. The highest BCUT2D eigenvalue weighted by atomic mass is 19.3. The number of piperidine rings is 1. The normalized spacial score (nSPS) is 17.9. The van der Waals surface area contributed by atoms with Crippen LogP contribution in [0.1, 0.15) is 30.1 Å². The molecule has 0 N–H and O–H groups in total. The van der Waals surface area contributed by atoms with Crippen LogP contribution < -0.4 is 4.74 Å². The van der Waals surface area contributed by atoms with Gasteiger partial charge >= 0.3 is 12.6 Å². The van der Waals surface area contributed by atoms with E-state index in [4.69, 9.17) is 4.74 Å². The van der Waals surface area contributed by atoms with Gasteiger partial charge in [0.1, 0.15) is 5.75 Å². The third kappa shape index (κ3) is 4.40. The number of esters is 1. The number of hydrogen-bond donors (Lipinski definition) is 0. The molecule has 1 heterocycles. The number of amides is 1. The Morgan fingerprint density at radius 3 is 2.78 bits per heavy atom. The molecule has 1 fully saturated rings. The van der Waals surface area contributed by atoms with Gasteiger partial charge in [0.05, 0.1) is 18.1 Å². The Bertz CT molecular complexity index is 565. The summed E-state index contributed by atoms with van der Waals surface area (Å²) in [6, 6.07) is 5.87. The van der Waals surface area contributed by atoms with Crippen LogP contribution >= 0.6 is 0 Å². The molecule has 0 radical (unpaired) electrons. The van der Waals surface area contributed by atoms with E-state index in [1.807, 2.05) is 0 Å². The largest absolute Gasteiger partial charge is 0.466 e. The predicted octanol–water partition coefficient (Wildman–Crippen LogP) is 2.70. The van der Waals surface area contributed by atoms with E-state index in [9.17, 15) is 18.4 Å². The van der Waals surface area contributed by atoms with Crippen LogP contribution in [0.2, 0.25) is 0 Å². The maximum atomic E-state index is 12.6. The predicted molar refractivity (Wildman–Crippen MR) is 78.3 cm³/mol. The van der Waals surface area contributed by atoms with Crippen molar-refractivity contribution in [2.24, 2.45) is 5.92 Å². The molecule has 7 heteroatoms. The lowest BCUT2D eigenvalue weighted by Crippen LogP contribution is -2.43. The first-order valence-electron chi connectivity index (χ1n) is 7.52. The van der Waals surface area contributed by atoms with E-state index in [-0.39, 0.29) is 36.4 Å². The molecule has 0 bridgehead atoms. The molecule has 1 aliphatic heterocycles. The minimum atomic E-state index is -3.00. The summed E-state index contributed by atoms with van der Waals surface area (Å²) in [4.78, 5) is 25.9. The lowest BCUT2D eigenvalue weighted by molar-refractivity contribution is -0.149. The van der Waals surface area contributed by atoms with Gasteiger partial charge < -0.3 is 14.4 Å². The summed E-state index contributed by atoms with van der Waals surface area (Å²) >= 11 is 0. The molecular formula is C16H19F2NO4. The monoisotopic (exact) mass is 327 g/mol. The van der Waals surface area contributed by atoms with Crippen molar-refractivity contribution >= 4 is 11.9 Å². The van der Waals surface area contributed by atoms with E-state index in [2.05, 4.69) is 4.74 Å². The summed E-state index contributed by atoms with van der Waals surface area (Å²) in [7, 11) is 0. The van der Waals surface area contributed by atoms with Crippen molar-refractivity contribution in [1.82, 2.24) is 4.90 Å². The zero-order valence-electron chi connectivity index (χ0n) is 12.8. The summed E-state index contributed by atoms with van der Waals surface area (Å²) in [5.41, 5.74) is 0.0670. The van der Waals surface area contributed by atoms with Crippen LogP contribution in [0.25, 0.3) is 0 Å². The molecule has 1 aromatic carbocycles. The highest BCUT2D eigenvalue weighted by molar-refractivity contribution is 5.97. The number of likely N-dealkylation sites (tertiary alicyclic amines) is 1. The molecule has 1 aromatic rings. The van der Waals surface area contributed by atoms with Crippen LogP contribution in [-0.2, 0) is 9.53 Å². The Morgan fingerprint density at radius 1 is 1.35 bits per heavy atom. The summed E-state index contributed by atoms with van der Waals surface area (Å²) in [6.07, 6.45) is 1.31. The molecule has 1 unspecified atom stereocenters. The summed E-state index contributed by atoms with van der Waals surface area (Å²) in [5.74, 6) is -1.29. The van der Waals surface area contributed by atoms with Crippen LogP contribution in [0.5, 0.6) is 5.75 Å². The van der Waals surface area contributed by atoms with Gasteiger partial charge in [-0.2, -0.15) is 8.78 Å². The van der Waals surface area contributed by atoms with Crippen LogP contribution in [0.15, 0.2) is 24.3 Å². The third-order valence-electron chi connectivity index (χ3n) is 3.66. The minimum Gasteiger partial charge on any atom is -0.466 e. The summed E-state index contributed by atoms with van der Waals surface area (Å²) in [5, 5.41) is 0. The number of nitrogens with zero attached hydrogens (tertiary/aromatic N) is 1. The van der Waals surface area contributed by atoms with Gasteiger partial charge in [0.15, 0.2) is 0 Å². The molecule has 1 atom stereocenters. The van der Waals surface area contributed by atoms with Crippen LogP contribution in [-0.4, -0.2) is 43.1 Å². The van der Waals surface area contributed by atoms with Crippen molar-refractivity contribution in [1.29, 1.82) is 0 Å². The van der Waals surface area contributed by atoms with Gasteiger partial charge in [0.2, 0.25) is 0 Å². The number of alkyl halides is 2. The van der Waals surface area contributed by atoms with Crippen molar-refractivity contribution in [2.45, 2.75) is 26.4 Å². The Balaban J connectivity index is 2.12. The second-order valence-electron chi connectivity index (χ2n) is 5.22. The number of halogens is 2. The number of benzene rings is 1. The first-order valence-corrected chi connectivity index (χ1v) is 7.52. The fourth-order valence-corrected chi connectivity index (χ4v) is 2.63. The number of carbonyl (C=O) groups is 2. The Kier molecular flexibility index (Phi) is 5.90. The Labute approximate surface area is 133 Å². The third-order valence-corrected chi connectivity index (χ3v) is 3.66. The highest BCUT2D eigenvalue weighted by Gasteiger charge is 2.31. The van der Waals surface area contributed by atoms with Crippen LogP contribution in [0, 0.1) is 5.92 Å². The van der Waals surface area contributed by atoms with E-state index >= 15 is 0 Å². The SMILES string of the molecule is CCOC(=O)C1CCCN(C(=O)c2ccccc2OC(F)F)C1. The van der Waals surface area contributed by atoms with Crippen molar-refractivity contribution in [3.63, 3.8) is 0 Å². The number of carbonyl (C=O) groups excluding carboxylic acids is 2. The molecule has 126 valence electrons. The van der Waals surface area contributed by atoms with E-state index in [0.717, 1.165) is 0 Å². The topological polar surface area (TPSA) is 55.8 Å². The van der Waals surface area contributed by atoms with Crippen molar-refractivity contribution in [3.8, 4) is 5.75 Å². The van der Waals surface area contributed by atoms with E-state index in [1.165, 1.54) is 23.1 Å². The molecule has 2 rings (SSSR count). The fraction of sp³-hybridized carbons (Fsp3) is 0.500. The van der Waals surface area contributed by atoms with E-state index in [0.29, 0.717) is 19.4 Å². The smallest absolute Gasteiger partial charge is 0.387 e. The van der Waals surface area contributed by atoms with Gasteiger partial charge in [-0.15, -0.1) is 0 Å². The number of ether oxygens (including phenoxy) is 2. The first kappa shape index (κ1) is 17.2. The second kappa shape index (κ2) is 7.89. The van der Waals surface area contributed by atoms with Crippen molar-refractivity contribution in [3.05, 3.63) is 29.8 Å². The Morgan fingerprint density at radius 2 is 2.09 bits per heavy atom. The average Bonchev–Trinajstić information content (AvgIpc) is 2.54. The maximum absolute atomic E-state index is 12.6. The average molecular weight is 327 g/mol. The lowest BCUT2D eigenvalue weighted by atomic mass is 9.97. The number of hydrogen-bond acceptors (Lipinski definition) is 4. The van der Waals surface area contributed by atoms with Gasteiger partial charge in [0.25, 0.3) is 5.91 Å².